The molecule has 0 radical (unpaired) electrons. The van der Waals surface area contributed by atoms with Gasteiger partial charge < -0.3 is 0 Å². The third-order valence-corrected chi connectivity index (χ3v) is 3.43. The van der Waals surface area contributed by atoms with Gasteiger partial charge >= 0.3 is 68.9 Å². The van der Waals surface area contributed by atoms with Crippen molar-refractivity contribution < 1.29 is 18.0 Å². The molecule has 0 heterocycles. The summed E-state index contributed by atoms with van der Waals surface area (Å²) in [4.78, 5) is 0. The van der Waals surface area contributed by atoms with Gasteiger partial charge in [0.15, 0.2) is 0 Å². The minimum absolute atomic E-state index is 0.322. The fourth-order valence-corrected chi connectivity index (χ4v) is 2.10. The Bertz CT molecular complexity index is 62.3. The fourth-order valence-electron chi connectivity index (χ4n) is 0.699. The molecule has 0 aromatic heterocycles. The van der Waals surface area contributed by atoms with Crippen molar-refractivity contribution in [1.29, 1.82) is 0 Å². The van der Waals surface area contributed by atoms with E-state index in [1.165, 1.54) is 29.9 Å². The van der Waals surface area contributed by atoms with Crippen molar-refractivity contribution in [2.24, 2.45) is 0 Å². The second kappa shape index (κ2) is 7.58. The van der Waals surface area contributed by atoms with E-state index in [1.807, 2.05) is 7.11 Å². The third kappa shape index (κ3) is 5.28. The van der Waals surface area contributed by atoms with Gasteiger partial charge in [0.25, 0.3) is 0 Å². The maximum absolute atomic E-state index is 5.27. The van der Waals surface area contributed by atoms with E-state index in [1.54, 1.807) is 0 Å². The van der Waals surface area contributed by atoms with Gasteiger partial charge in [0.2, 0.25) is 0 Å². The monoisotopic (exact) mass is 194 g/mol. The van der Waals surface area contributed by atoms with Crippen molar-refractivity contribution >= 4 is 0 Å². The molecule has 0 amide bonds. The van der Waals surface area contributed by atoms with Crippen LogP contribution in [0.2, 0.25) is 10.6 Å². The first-order valence-electron chi connectivity index (χ1n) is 3.87. The van der Waals surface area contributed by atoms with Crippen LogP contribution in [0.25, 0.3) is 0 Å². The summed E-state index contributed by atoms with van der Waals surface area (Å²) in [5.74, 6) is 0. The molecule has 0 rings (SSSR count). The first-order valence-corrected chi connectivity index (χ1v) is 5.59. The van der Waals surface area contributed by atoms with Crippen molar-refractivity contribution in [3.05, 3.63) is 0 Å². The van der Waals surface area contributed by atoms with E-state index in [2.05, 4.69) is 13.8 Å². The number of unbranched alkanes of at least 4 members (excludes halogenated alkanes) is 2. The third-order valence-electron chi connectivity index (χ3n) is 1.29. The van der Waals surface area contributed by atoms with Crippen molar-refractivity contribution in [3.63, 3.8) is 0 Å². The van der Waals surface area contributed by atoms with Crippen LogP contribution >= 0.6 is 0 Å². The Morgan fingerprint density at radius 1 is 1.20 bits per heavy atom. The molecule has 0 saturated heterocycles. The zero-order valence-electron chi connectivity index (χ0n) is 7.25. The molecule has 0 fully saturated rings. The molecule has 0 aromatic carbocycles. The second-order valence-electron chi connectivity index (χ2n) is 2.02. The first-order chi connectivity index (χ1) is 4.85. The van der Waals surface area contributed by atoms with E-state index in [9.17, 15) is 0 Å². The van der Waals surface area contributed by atoms with Gasteiger partial charge in [-0.25, -0.2) is 0 Å². The van der Waals surface area contributed by atoms with Crippen LogP contribution in [-0.4, -0.2) is 7.11 Å². The average molecular weight is 195 g/mol. The van der Waals surface area contributed by atoms with E-state index in [0.717, 1.165) is 0 Å². The van der Waals surface area contributed by atoms with Crippen LogP contribution < -0.4 is 0 Å². The molecule has 2 heteroatoms. The molecule has 0 saturated carbocycles. The molecule has 68 valence electrons. The quantitative estimate of drug-likeness (QED) is 0.466. The minimum atomic E-state index is 0.322. The van der Waals surface area contributed by atoms with Crippen LogP contribution in [0, 0.1) is 0 Å². The summed E-state index contributed by atoms with van der Waals surface area (Å²) in [6, 6.07) is 0. The van der Waals surface area contributed by atoms with Crippen molar-refractivity contribution in [1.82, 2.24) is 0 Å². The normalized spacial score (nSPS) is 11.7. The Hall–Kier alpha value is 0.479. The zero-order chi connectivity index (χ0) is 7.82. The van der Waals surface area contributed by atoms with E-state index >= 15 is 0 Å². The Morgan fingerprint density at radius 3 is 2.30 bits per heavy atom. The van der Waals surface area contributed by atoms with Crippen molar-refractivity contribution in [3.8, 4) is 0 Å². The van der Waals surface area contributed by atoms with Crippen LogP contribution in [0.1, 0.15) is 33.1 Å². The van der Waals surface area contributed by atoms with E-state index in [-0.39, 0.29) is 0 Å². The molecule has 0 aliphatic carbocycles. The molecule has 0 aromatic rings. The van der Waals surface area contributed by atoms with Crippen molar-refractivity contribution in [2.75, 3.05) is 7.11 Å². The summed E-state index contributed by atoms with van der Waals surface area (Å²) in [6.07, 6.45) is 3.99. The molecular formula is C8H19CuO. The van der Waals surface area contributed by atoms with Crippen molar-refractivity contribution in [2.45, 2.75) is 43.7 Å². The Balaban J connectivity index is 3.09. The Labute approximate surface area is 69.4 Å². The summed E-state index contributed by atoms with van der Waals surface area (Å²) in [5, 5.41) is 2.43. The molecule has 10 heavy (non-hydrogen) atoms. The Morgan fingerprint density at radius 2 is 1.90 bits per heavy atom. The zero-order valence-corrected chi connectivity index (χ0v) is 8.19. The molecule has 0 aliphatic rings. The van der Waals surface area contributed by atoms with E-state index in [0.29, 0.717) is 14.2 Å². The second-order valence-corrected chi connectivity index (χ2v) is 4.55. The van der Waals surface area contributed by atoms with Gasteiger partial charge in [0, 0.05) is 0 Å². The molecule has 0 unspecified atom stereocenters. The van der Waals surface area contributed by atoms with Gasteiger partial charge in [0.05, 0.1) is 0 Å². The predicted octanol–water partition coefficient (Wildman–Crippen LogP) is 3.21. The SMILES string of the molecule is CCCC[CH2][Cu]([CH2]C)[O]C. The van der Waals surface area contributed by atoms with Crippen LogP contribution in [0.3, 0.4) is 0 Å². The van der Waals surface area contributed by atoms with Gasteiger partial charge in [-0.1, -0.05) is 0 Å². The number of rotatable bonds is 6. The summed E-state index contributed by atoms with van der Waals surface area (Å²) in [7, 11) is 1.81. The topological polar surface area (TPSA) is 9.23 Å². The number of hydrogen-bond acceptors (Lipinski definition) is 1. The van der Waals surface area contributed by atoms with Crippen LogP contribution in [0.4, 0.5) is 0 Å². The van der Waals surface area contributed by atoms with Gasteiger partial charge in [-0.05, 0) is 0 Å². The first kappa shape index (κ1) is 10.5. The molecule has 0 aliphatic heterocycles. The van der Waals surface area contributed by atoms with E-state index in [4.69, 9.17) is 3.82 Å². The molecular weight excluding hydrogens is 176 g/mol. The molecule has 0 spiro atoms. The fraction of sp³-hybridized carbons (Fsp3) is 1.00. The maximum atomic E-state index is 5.27. The van der Waals surface area contributed by atoms with Gasteiger partial charge in [-0.2, -0.15) is 0 Å². The van der Waals surface area contributed by atoms with Gasteiger partial charge in [-0.3, -0.25) is 0 Å². The van der Waals surface area contributed by atoms with E-state index < -0.39 is 0 Å². The summed E-state index contributed by atoms with van der Waals surface area (Å²) in [6.45, 7) is 4.42. The number of hydrogen-bond donors (Lipinski definition) is 0. The Kier molecular flexibility index (Phi) is 7.95. The molecule has 0 atom stereocenters. The van der Waals surface area contributed by atoms with Crippen LogP contribution in [0.15, 0.2) is 0 Å². The van der Waals surface area contributed by atoms with Gasteiger partial charge in [0.1, 0.15) is 0 Å². The molecule has 1 nitrogen and oxygen atoms in total. The standard InChI is InChI=1S/C5H11.C2H5.CH3O.Cu/c1-3-5-4-2;2*1-2;/h1,3-5H2,2H3;1H2,2H3;1H3;/q;;-1;+1. The summed E-state index contributed by atoms with van der Waals surface area (Å²) < 4.78 is 5.27. The van der Waals surface area contributed by atoms with Crippen LogP contribution in [-0.2, 0) is 18.0 Å². The molecule has 0 N–H and O–H groups in total. The van der Waals surface area contributed by atoms with Gasteiger partial charge in [-0.15, -0.1) is 0 Å². The van der Waals surface area contributed by atoms with Crippen LogP contribution in [0.5, 0.6) is 0 Å². The summed E-state index contributed by atoms with van der Waals surface area (Å²) in [5.41, 5.74) is 0. The summed E-state index contributed by atoms with van der Waals surface area (Å²) >= 11 is 0.322. The predicted molar refractivity (Wildman–Crippen MR) is 41.8 cm³/mol. The molecule has 0 bridgehead atoms. The average Bonchev–Trinajstić information content (AvgIpc) is 1.99.